The minimum absolute atomic E-state index is 0.0303. The van der Waals surface area contributed by atoms with Crippen LogP contribution in [0.5, 0.6) is 0 Å². The average molecular weight is 368 g/mol. The molecule has 25 heavy (non-hydrogen) atoms. The van der Waals surface area contributed by atoms with Crippen molar-refractivity contribution in [2.24, 2.45) is 0 Å². The van der Waals surface area contributed by atoms with E-state index in [4.69, 9.17) is 9.84 Å². The normalized spacial score (nSPS) is 24.8. The average Bonchev–Trinajstić information content (AvgIpc) is 3.12. The third-order valence-corrected chi connectivity index (χ3v) is 5.86. The Hall–Kier alpha value is -1.58. The smallest absolute Gasteiger partial charge is 0.329 e. The van der Waals surface area contributed by atoms with Crippen LogP contribution in [-0.2, 0) is 9.53 Å². The van der Waals surface area contributed by atoms with Crippen molar-refractivity contribution in [2.45, 2.75) is 56.6 Å². The molecule has 1 aromatic rings. The molecule has 1 aromatic heterocycles. The van der Waals surface area contributed by atoms with E-state index in [1.165, 1.54) is 11.3 Å². The second-order valence-electron chi connectivity index (χ2n) is 6.62. The van der Waals surface area contributed by atoms with Crippen molar-refractivity contribution in [1.29, 1.82) is 0 Å². The molecule has 0 radical (unpaired) electrons. The van der Waals surface area contributed by atoms with E-state index in [9.17, 15) is 9.59 Å². The summed E-state index contributed by atoms with van der Waals surface area (Å²) >= 11 is 1.40. The highest BCUT2D eigenvalue weighted by atomic mass is 32.1. The van der Waals surface area contributed by atoms with Crippen molar-refractivity contribution in [3.8, 4) is 0 Å². The van der Waals surface area contributed by atoms with E-state index in [-0.39, 0.29) is 24.7 Å². The molecule has 2 heterocycles. The minimum Gasteiger partial charge on any atom is -0.480 e. The predicted octanol–water partition coefficient (Wildman–Crippen LogP) is 1.15. The van der Waals surface area contributed by atoms with E-state index in [1.807, 2.05) is 0 Å². The number of carbonyl (C=O) groups is 2. The van der Waals surface area contributed by atoms with Crippen LogP contribution in [0.2, 0.25) is 0 Å². The van der Waals surface area contributed by atoms with Crippen molar-refractivity contribution in [2.75, 3.05) is 19.7 Å². The third-order valence-electron chi connectivity index (χ3n) is 4.78. The summed E-state index contributed by atoms with van der Waals surface area (Å²) in [6.45, 7) is 1.71. The first-order valence-corrected chi connectivity index (χ1v) is 9.62. The summed E-state index contributed by atoms with van der Waals surface area (Å²) in [5, 5.41) is 24.6. The van der Waals surface area contributed by atoms with Gasteiger partial charge in [0.25, 0.3) is 5.91 Å². The van der Waals surface area contributed by atoms with Crippen molar-refractivity contribution >= 4 is 23.2 Å². The van der Waals surface area contributed by atoms with Crippen LogP contribution in [0.4, 0.5) is 0 Å². The van der Waals surface area contributed by atoms with Crippen LogP contribution in [0.3, 0.4) is 0 Å². The topological polar surface area (TPSA) is 113 Å². The lowest BCUT2D eigenvalue weighted by molar-refractivity contribution is -0.145. The highest BCUT2D eigenvalue weighted by Gasteiger charge is 2.26. The zero-order valence-electron chi connectivity index (χ0n) is 14.1. The zero-order chi connectivity index (χ0) is 17.6. The number of aromatic nitrogens is 2. The fourth-order valence-corrected chi connectivity index (χ4v) is 4.29. The molecule has 3 rings (SSSR count). The van der Waals surface area contributed by atoms with Crippen molar-refractivity contribution in [3.05, 3.63) is 10.0 Å². The molecule has 138 valence electrons. The highest BCUT2D eigenvalue weighted by molar-refractivity contribution is 7.13. The molecule has 1 saturated heterocycles. The van der Waals surface area contributed by atoms with Crippen LogP contribution < -0.4 is 10.6 Å². The molecule has 9 heteroatoms. The Balaban J connectivity index is 1.45. The molecule has 1 aliphatic heterocycles. The lowest BCUT2D eigenvalue weighted by atomic mass is 9.93. The first-order chi connectivity index (χ1) is 12.1. The van der Waals surface area contributed by atoms with Gasteiger partial charge >= 0.3 is 5.97 Å². The molecule has 3 N–H and O–H groups in total. The van der Waals surface area contributed by atoms with E-state index in [0.29, 0.717) is 10.9 Å². The van der Waals surface area contributed by atoms with Gasteiger partial charge in [0.1, 0.15) is 11.6 Å². The first-order valence-electron chi connectivity index (χ1n) is 8.80. The van der Waals surface area contributed by atoms with Crippen molar-refractivity contribution in [3.63, 3.8) is 0 Å². The third kappa shape index (κ3) is 5.20. The molecule has 8 nitrogen and oxygen atoms in total. The van der Waals surface area contributed by atoms with Gasteiger partial charge in [-0.15, -0.1) is 10.2 Å². The molecule has 1 amide bonds. The summed E-state index contributed by atoms with van der Waals surface area (Å²) in [6, 6.07) is 0.0865. The number of aliphatic carboxylic acids is 1. The van der Waals surface area contributed by atoms with E-state index in [0.717, 1.165) is 56.6 Å². The van der Waals surface area contributed by atoms with Gasteiger partial charge in [0.05, 0.1) is 6.10 Å². The number of carboxylic acids is 1. The predicted molar refractivity (Wildman–Crippen MR) is 91.9 cm³/mol. The Morgan fingerprint density at radius 1 is 1.16 bits per heavy atom. The van der Waals surface area contributed by atoms with E-state index >= 15 is 0 Å². The Labute approximate surface area is 150 Å². The number of hydrogen-bond donors (Lipinski definition) is 3. The number of carboxylic acid groups (broad SMARTS) is 1. The van der Waals surface area contributed by atoms with Crippen LogP contribution in [-0.4, -0.2) is 59.0 Å². The first kappa shape index (κ1) is 18.2. The van der Waals surface area contributed by atoms with Gasteiger partial charge in [-0.1, -0.05) is 11.3 Å². The second kappa shape index (κ2) is 8.68. The lowest BCUT2D eigenvalue weighted by Gasteiger charge is -2.28. The van der Waals surface area contributed by atoms with Crippen molar-refractivity contribution in [1.82, 2.24) is 20.8 Å². The van der Waals surface area contributed by atoms with Crippen LogP contribution >= 0.6 is 11.3 Å². The Bertz CT molecular complexity index is 595. The van der Waals surface area contributed by atoms with E-state index in [2.05, 4.69) is 20.8 Å². The van der Waals surface area contributed by atoms with Gasteiger partial charge in [0.2, 0.25) is 5.01 Å². The maximum Gasteiger partial charge on any atom is 0.329 e. The summed E-state index contributed by atoms with van der Waals surface area (Å²) < 4.78 is 5.32. The van der Waals surface area contributed by atoms with Crippen molar-refractivity contribution < 1.29 is 19.4 Å². The molecular weight excluding hydrogens is 344 g/mol. The number of piperidine rings is 1. The fourth-order valence-electron chi connectivity index (χ4n) is 3.37. The monoisotopic (exact) mass is 368 g/mol. The van der Waals surface area contributed by atoms with Gasteiger partial charge in [0.15, 0.2) is 0 Å². The highest BCUT2D eigenvalue weighted by Crippen LogP contribution is 2.28. The van der Waals surface area contributed by atoms with Gasteiger partial charge in [-0.3, -0.25) is 4.79 Å². The molecule has 0 atom stereocenters. The number of nitrogens with zero attached hydrogens (tertiary/aromatic N) is 2. The molecule has 2 fully saturated rings. The van der Waals surface area contributed by atoms with Crippen LogP contribution in [0.15, 0.2) is 0 Å². The fraction of sp³-hybridized carbons (Fsp3) is 0.750. The molecule has 0 bridgehead atoms. The number of nitrogens with one attached hydrogen (secondary N) is 2. The van der Waals surface area contributed by atoms with Crippen LogP contribution in [0.1, 0.15) is 59.3 Å². The molecule has 1 aliphatic carbocycles. The summed E-state index contributed by atoms with van der Waals surface area (Å²) in [6.07, 6.45) is 5.14. The van der Waals surface area contributed by atoms with Gasteiger partial charge in [-0.25, -0.2) is 4.79 Å². The van der Waals surface area contributed by atoms with Gasteiger partial charge in [-0.05, 0) is 51.6 Å². The summed E-state index contributed by atoms with van der Waals surface area (Å²) in [4.78, 5) is 22.9. The Morgan fingerprint density at radius 3 is 2.56 bits per heavy atom. The molecule has 0 aromatic carbocycles. The molecular formula is C16H24N4O4S. The summed E-state index contributed by atoms with van der Waals surface area (Å²) in [5.41, 5.74) is 0. The Morgan fingerprint density at radius 2 is 1.88 bits per heavy atom. The maximum absolute atomic E-state index is 12.4. The summed E-state index contributed by atoms with van der Waals surface area (Å²) in [5.74, 6) is -0.703. The molecule has 2 aliphatic rings. The lowest BCUT2D eigenvalue weighted by Crippen LogP contribution is -2.39. The molecule has 1 saturated carbocycles. The number of carbonyl (C=O) groups excluding carboxylic acids is 1. The van der Waals surface area contributed by atoms with E-state index < -0.39 is 5.97 Å². The number of ether oxygens (including phenoxy) is 1. The molecule has 0 spiro atoms. The summed E-state index contributed by atoms with van der Waals surface area (Å²) in [7, 11) is 0. The quantitative estimate of drug-likeness (QED) is 0.690. The zero-order valence-corrected chi connectivity index (χ0v) is 14.9. The van der Waals surface area contributed by atoms with Crippen LogP contribution in [0, 0.1) is 0 Å². The number of amides is 1. The SMILES string of the molecule is O=C(O)COC1CCC(NC(=O)c2nnc(C3CCNCC3)s2)CC1. The van der Waals surface area contributed by atoms with Gasteiger partial charge < -0.3 is 20.5 Å². The van der Waals surface area contributed by atoms with Gasteiger partial charge in [0, 0.05) is 12.0 Å². The number of rotatable bonds is 6. The number of hydrogen-bond acceptors (Lipinski definition) is 7. The van der Waals surface area contributed by atoms with Gasteiger partial charge in [-0.2, -0.15) is 0 Å². The standard InChI is InChI=1S/C16H24N4O4S/c21-13(22)9-24-12-3-1-11(2-4-12)18-14(23)16-20-19-15(25-16)10-5-7-17-8-6-10/h10-12,17H,1-9H2,(H,18,23)(H,21,22). The van der Waals surface area contributed by atoms with Crippen LogP contribution in [0.25, 0.3) is 0 Å². The minimum atomic E-state index is -0.948. The van der Waals surface area contributed by atoms with E-state index in [1.54, 1.807) is 0 Å². The maximum atomic E-state index is 12.4. The Kier molecular flexibility index (Phi) is 6.33. The molecule has 0 unspecified atom stereocenters. The second-order valence-corrected chi connectivity index (χ2v) is 7.63. The largest absolute Gasteiger partial charge is 0.480 e.